The summed E-state index contributed by atoms with van der Waals surface area (Å²) < 4.78 is 45.4. The fourth-order valence-electron chi connectivity index (χ4n) is 4.48. The SMILES string of the molecule is O=C1CC2(CCN(C(=O)OCc3ccccc3C(F)(F)F)CC2)c2c(Br)cccc21. The van der Waals surface area contributed by atoms with Gasteiger partial charge in [0, 0.05) is 40.5 Å². The zero-order chi connectivity index (χ0) is 21.5. The Kier molecular flexibility index (Phi) is 5.38. The van der Waals surface area contributed by atoms with E-state index in [2.05, 4.69) is 15.9 Å². The molecule has 0 atom stereocenters. The molecular formula is C22H19BrF3NO3. The van der Waals surface area contributed by atoms with Crippen molar-refractivity contribution in [2.45, 2.75) is 37.5 Å². The van der Waals surface area contributed by atoms with Crippen molar-refractivity contribution >= 4 is 27.8 Å². The van der Waals surface area contributed by atoms with Crippen LogP contribution in [0.2, 0.25) is 0 Å². The number of carbonyl (C=O) groups is 2. The molecule has 0 aromatic heterocycles. The van der Waals surface area contributed by atoms with Crippen molar-refractivity contribution in [3.8, 4) is 0 Å². The van der Waals surface area contributed by atoms with Gasteiger partial charge in [0.1, 0.15) is 6.61 Å². The van der Waals surface area contributed by atoms with Crippen molar-refractivity contribution in [1.82, 2.24) is 4.90 Å². The number of alkyl halides is 3. The predicted molar refractivity (Wildman–Crippen MR) is 107 cm³/mol. The average molecular weight is 482 g/mol. The van der Waals surface area contributed by atoms with E-state index in [-0.39, 0.29) is 16.8 Å². The topological polar surface area (TPSA) is 46.6 Å². The number of hydrogen-bond donors (Lipinski definition) is 0. The van der Waals surface area contributed by atoms with E-state index in [9.17, 15) is 22.8 Å². The van der Waals surface area contributed by atoms with E-state index in [0.717, 1.165) is 21.7 Å². The van der Waals surface area contributed by atoms with Crippen LogP contribution in [0.4, 0.5) is 18.0 Å². The van der Waals surface area contributed by atoms with Gasteiger partial charge in [-0.3, -0.25) is 4.79 Å². The Bertz CT molecular complexity index is 997. The molecule has 158 valence electrons. The molecule has 1 aliphatic heterocycles. The molecule has 1 fully saturated rings. The van der Waals surface area contributed by atoms with E-state index in [0.29, 0.717) is 32.4 Å². The van der Waals surface area contributed by atoms with Crippen molar-refractivity contribution in [2.75, 3.05) is 13.1 Å². The van der Waals surface area contributed by atoms with Gasteiger partial charge >= 0.3 is 12.3 Å². The first-order chi connectivity index (χ1) is 14.2. The number of benzene rings is 2. The van der Waals surface area contributed by atoms with Crippen LogP contribution in [0.1, 0.15) is 46.3 Å². The van der Waals surface area contributed by atoms with Crippen LogP contribution in [-0.4, -0.2) is 29.9 Å². The summed E-state index contributed by atoms with van der Waals surface area (Å²) in [5.74, 6) is 0.103. The summed E-state index contributed by atoms with van der Waals surface area (Å²) in [7, 11) is 0. The third-order valence-electron chi connectivity index (χ3n) is 6.00. The first-order valence-corrected chi connectivity index (χ1v) is 10.4. The minimum Gasteiger partial charge on any atom is -0.445 e. The number of ketones is 1. The lowest BCUT2D eigenvalue weighted by atomic mass is 9.74. The molecule has 4 rings (SSSR count). The number of halogens is 4. The van der Waals surface area contributed by atoms with Gasteiger partial charge in [0.15, 0.2) is 5.78 Å². The van der Waals surface area contributed by atoms with Crippen LogP contribution in [0.5, 0.6) is 0 Å². The number of nitrogens with zero attached hydrogens (tertiary/aromatic N) is 1. The number of rotatable bonds is 2. The molecule has 0 saturated carbocycles. The van der Waals surface area contributed by atoms with E-state index in [4.69, 9.17) is 4.74 Å². The van der Waals surface area contributed by atoms with Gasteiger partial charge in [-0.25, -0.2) is 4.79 Å². The van der Waals surface area contributed by atoms with Crippen LogP contribution < -0.4 is 0 Å². The van der Waals surface area contributed by atoms with Crippen LogP contribution in [0, 0.1) is 0 Å². The highest BCUT2D eigenvalue weighted by atomic mass is 79.9. The maximum absolute atomic E-state index is 13.1. The van der Waals surface area contributed by atoms with Gasteiger partial charge in [-0.05, 0) is 30.5 Å². The molecule has 0 unspecified atom stereocenters. The van der Waals surface area contributed by atoms with Gasteiger partial charge in [-0.1, -0.05) is 46.3 Å². The third-order valence-corrected chi connectivity index (χ3v) is 6.66. The van der Waals surface area contributed by atoms with E-state index >= 15 is 0 Å². The molecule has 2 aromatic rings. The van der Waals surface area contributed by atoms with Crippen LogP contribution in [0.15, 0.2) is 46.9 Å². The van der Waals surface area contributed by atoms with E-state index in [1.807, 2.05) is 18.2 Å². The maximum atomic E-state index is 13.1. The first-order valence-electron chi connectivity index (χ1n) is 9.60. The van der Waals surface area contributed by atoms with Gasteiger partial charge in [0.2, 0.25) is 0 Å². The molecule has 0 bridgehead atoms. The summed E-state index contributed by atoms with van der Waals surface area (Å²) in [6, 6.07) is 10.6. The molecule has 0 N–H and O–H groups in total. The van der Waals surface area contributed by atoms with Crippen LogP contribution in [0.3, 0.4) is 0 Å². The highest BCUT2D eigenvalue weighted by molar-refractivity contribution is 9.10. The third kappa shape index (κ3) is 3.73. The molecule has 1 heterocycles. The van der Waals surface area contributed by atoms with Crippen LogP contribution in [0.25, 0.3) is 0 Å². The predicted octanol–water partition coefficient (Wildman–Crippen LogP) is 5.72. The minimum absolute atomic E-state index is 0.0777. The van der Waals surface area contributed by atoms with Crippen molar-refractivity contribution in [1.29, 1.82) is 0 Å². The Morgan fingerprint density at radius 3 is 2.50 bits per heavy atom. The summed E-state index contributed by atoms with van der Waals surface area (Å²) in [4.78, 5) is 26.4. The number of amides is 1. The normalized spacial score (nSPS) is 17.9. The number of carbonyl (C=O) groups excluding carboxylic acids is 2. The van der Waals surface area contributed by atoms with Gasteiger partial charge in [-0.15, -0.1) is 0 Å². The molecule has 1 aliphatic carbocycles. The summed E-state index contributed by atoms with van der Waals surface area (Å²) in [5, 5.41) is 0. The van der Waals surface area contributed by atoms with Gasteiger partial charge < -0.3 is 9.64 Å². The number of Topliss-reactive ketones (excluding diaryl/α,β-unsaturated/α-hetero) is 1. The Labute approximate surface area is 180 Å². The number of hydrogen-bond acceptors (Lipinski definition) is 3. The largest absolute Gasteiger partial charge is 0.445 e. The monoisotopic (exact) mass is 481 g/mol. The minimum atomic E-state index is -4.50. The zero-order valence-electron chi connectivity index (χ0n) is 16.0. The fourth-order valence-corrected chi connectivity index (χ4v) is 5.27. The standard InChI is InChI=1S/C22H19BrF3NO3/c23-17-7-3-5-15-18(28)12-21(19(15)17)8-10-27(11-9-21)20(29)30-13-14-4-1-2-6-16(14)22(24,25)26/h1-7H,8-13H2. The lowest BCUT2D eigenvalue weighted by Gasteiger charge is -2.39. The molecule has 1 saturated heterocycles. The van der Waals surface area contributed by atoms with Crippen molar-refractivity contribution in [3.63, 3.8) is 0 Å². The van der Waals surface area contributed by atoms with Crippen molar-refractivity contribution in [2.24, 2.45) is 0 Å². The number of likely N-dealkylation sites (tertiary alicyclic amines) is 1. The fraction of sp³-hybridized carbons (Fsp3) is 0.364. The first kappa shape index (κ1) is 20.9. The molecule has 8 heteroatoms. The van der Waals surface area contributed by atoms with Crippen LogP contribution >= 0.6 is 15.9 Å². The van der Waals surface area contributed by atoms with E-state index in [1.165, 1.54) is 23.1 Å². The highest BCUT2D eigenvalue weighted by Crippen LogP contribution is 2.49. The summed E-state index contributed by atoms with van der Waals surface area (Å²) in [6.45, 7) is 0.324. The summed E-state index contributed by atoms with van der Waals surface area (Å²) in [5.41, 5.74) is 0.533. The maximum Gasteiger partial charge on any atom is 0.416 e. The molecule has 30 heavy (non-hydrogen) atoms. The smallest absolute Gasteiger partial charge is 0.416 e. The summed E-state index contributed by atoms with van der Waals surface area (Å²) >= 11 is 3.55. The lowest BCUT2D eigenvalue weighted by molar-refractivity contribution is -0.138. The molecule has 2 aliphatic rings. The number of piperidine rings is 1. The summed E-state index contributed by atoms with van der Waals surface area (Å²) in [6.07, 6.45) is -3.53. The lowest BCUT2D eigenvalue weighted by Crippen LogP contribution is -2.44. The Morgan fingerprint density at radius 2 is 1.80 bits per heavy atom. The zero-order valence-corrected chi connectivity index (χ0v) is 17.6. The quantitative estimate of drug-likeness (QED) is 0.550. The van der Waals surface area contributed by atoms with Crippen molar-refractivity contribution < 1.29 is 27.5 Å². The molecule has 0 radical (unpaired) electrons. The molecule has 4 nitrogen and oxygen atoms in total. The highest BCUT2D eigenvalue weighted by Gasteiger charge is 2.47. The Hall–Kier alpha value is -2.35. The Morgan fingerprint density at radius 1 is 1.10 bits per heavy atom. The molecule has 1 spiro atoms. The Balaban J connectivity index is 1.42. The van der Waals surface area contributed by atoms with Crippen LogP contribution in [-0.2, 0) is 22.9 Å². The number of ether oxygens (including phenoxy) is 1. The molecule has 2 aromatic carbocycles. The van der Waals surface area contributed by atoms with Crippen molar-refractivity contribution in [3.05, 3.63) is 69.2 Å². The second kappa shape index (κ2) is 7.72. The second-order valence-corrected chi connectivity index (χ2v) is 8.59. The van der Waals surface area contributed by atoms with E-state index < -0.39 is 24.4 Å². The molecule has 1 amide bonds. The van der Waals surface area contributed by atoms with Gasteiger partial charge in [0.25, 0.3) is 0 Å². The van der Waals surface area contributed by atoms with Gasteiger partial charge in [0.05, 0.1) is 5.56 Å². The molecular weight excluding hydrogens is 463 g/mol. The second-order valence-electron chi connectivity index (χ2n) is 7.74. The van der Waals surface area contributed by atoms with Gasteiger partial charge in [-0.2, -0.15) is 13.2 Å². The van der Waals surface area contributed by atoms with E-state index in [1.54, 1.807) is 0 Å². The number of fused-ring (bicyclic) bond motifs is 2. The average Bonchev–Trinajstić information content (AvgIpc) is 2.99.